The van der Waals surface area contributed by atoms with Gasteiger partial charge in [0.1, 0.15) is 5.82 Å². The minimum absolute atomic E-state index is 0.0462. The van der Waals surface area contributed by atoms with Gasteiger partial charge >= 0.3 is 0 Å². The number of aromatic nitrogens is 1. The van der Waals surface area contributed by atoms with Crippen LogP contribution in [0.4, 0.5) is 5.82 Å². The van der Waals surface area contributed by atoms with Gasteiger partial charge in [0.15, 0.2) is 0 Å². The highest BCUT2D eigenvalue weighted by Crippen LogP contribution is 2.16. The maximum Gasteiger partial charge on any atom is 0.230 e. The van der Waals surface area contributed by atoms with Crippen LogP contribution in [0.3, 0.4) is 0 Å². The van der Waals surface area contributed by atoms with Gasteiger partial charge in [-0.15, -0.1) is 11.8 Å². The van der Waals surface area contributed by atoms with Gasteiger partial charge in [-0.05, 0) is 30.5 Å². The second-order valence-corrected chi connectivity index (χ2v) is 5.70. The fourth-order valence-corrected chi connectivity index (χ4v) is 2.53. The predicted octanol–water partition coefficient (Wildman–Crippen LogP) is 2.50. The van der Waals surface area contributed by atoms with Crippen molar-refractivity contribution in [3.8, 4) is 0 Å². The fraction of sp³-hybridized carbons (Fsp3) is 0.250. The first-order valence-electron chi connectivity index (χ1n) is 6.89. The van der Waals surface area contributed by atoms with Gasteiger partial charge in [0.25, 0.3) is 0 Å². The van der Waals surface area contributed by atoms with Crippen molar-refractivity contribution in [1.29, 1.82) is 0 Å². The van der Waals surface area contributed by atoms with E-state index in [2.05, 4.69) is 22.4 Å². The first-order valence-corrected chi connectivity index (χ1v) is 7.87. The molecule has 0 aliphatic carbocycles. The molecule has 4 nitrogen and oxygen atoms in total. The Balaban J connectivity index is 1.60. The van der Waals surface area contributed by atoms with Gasteiger partial charge in [-0.2, -0.15) is 0 Å². The molecule has 0 fully saturated rings. The van der Waals surface area contributed by atoms with Gasteiger partial charge in [0.05, 0.1) is 5.75 Å². The van der Waals surface area contributed by atoms with E-state index in [4.69, 9.17) is 5.73 Å². The van der Waals surface area contributed by atoms with Gasteiger partial charge in [-0.25, -0.2) is 4.98 Å². The Hall–Kier alpha value is -2.01. The highest BCUT2D eigenvalue weighted by molar-refractivity contribution is 8.00. The van der Waals surface area contributed by atoms with E-state index in [9.17, 15) is 4.79 Å². The summed E-state index contributed by atoms with van der Waals surface area (Å²) >= 11 is 1.46. The Morgan fingerprint density at radius 1 is 1.19 bits per heavy atom. The van der Waals surface area contributed by atoms with Crippen LogP contribution in [0.2, 0.25) is 0 Å². The van der Waals surface area contributed by atoms with Crippen LogP contribution in [0.25, 0.3) is 0 Å². The molecular formula is C16H19N3OS. The average Bonchev–Trinajstić information content (AvgIpc) is 2.52. The molecule has 0 spiro atoms. The van der Waals surface area contributed by atoms with Gasteiger partial charge in [0, 0.05) is 17.6 Å². The number of benzene rings is 1. The number of nitrogens with two attached hydrogens (primary N) is 1. The summed E-state index contributed by atoms with van der Waals surface area (Å²) < 4.78 is 0. The standard InChI is InChI=1S/C16H19N3OS/c17-15-9-8-14(11-19-15)21-12-16(20)18-10-4-7-13-5-2-1-3-6-13/h1-3,5-6,8-9,11H,4,7,10,12H2,(H2,17,19)(H,18,20). The Labute approximate surface area is 129 Å². The summed E-state index contributed by atoms with van der Waals surface area (Å²) in [5.74, 6) is 0.936. The molecule has 2 rings (SSSR count). The lowest BCUT2D eigenvalue weighted by Crippen LogP contribution is -2.26. The van der Waals surface area contributed by atoms with Crippen molar-refractivity contribution < 1.29 is 4.79 Å². The normalized spacial score (nSPS) is 10.3. The lowest BCUT2D eigenvalue weighted by molar-refractivity contribution is -0.118. The summed E-state index contributed by atoms with van der Waals surface area (Å²) in [6, 6.07) is 13.9. The number of nitrogen functional groups attached to an aromatic ring is 1. The summed E-state index contributed by atoms with van der Waals surface area (Å²) in [6.07, 6.45) is 3.61. The molecule has 21 heavy (non-hydrogen) atoms. The molecule has 0 aliphatic heterocycles. The quantitative estimate of drug-likeness (QED) is 0.609. The van der Waals surface area contributed by atoms with Crippen molar-refractivity contribution in [1.82, 2.24) is 10.3 Å². The van der Waals surface area contributed by atoms with Crippen molar-refractivity contribution in [3.63, 3.8) is 0 Å². The number of carbonyl (C=O) groups excluding carboxylic acids is 1. The number of carbonyl (C=O) groups is 1. The van der Waals surface area contributed by atoms with Crippen LogP contribution in [-0.2, 0) is 11.2 Å². The molecule has 0 aliphatic rings. The lowest BCUT2D eigenvalue weighted by Gasteiger charge is -2.05. The third-order valence-electron chi connectivity index (χ3n) is 2.94. The average molecular weight is 301 g/mol. The Kier molecular flexibility index (Phi) is 6.09. The van der Waals surface area contributed by atoms with E-state index in [1.807, 2.05) is 24.3 Å². The molecule has 1 aromatic heterocycles. The first kappa shape index (κ1) is 15.4. The monoisotopic (exact) mass is 301 g/mol. The van der Waals surface area contributed by atoms with Gasteiger partial charge in [0.2, 0.25) is 5.91 Å². The van der Waals surface area contributed by atoms with Crippen LogP contribution in [0, 0.1) is 0 Å². The second kappa shape index (κ2) is 8.32. The van der Waals surface area contributed by atoms with E-state index < -0.39 is 0 Å². The topological polar surface area (TPSA) is 68.0 Å². The molecule has 0 saturated carbocycles. The van der Waals surface area contributed by atoms with Crippen molar-refractivity contribution in [2.45, 2.75) is 17.7 Å². The number of hydrogen-bond donors (Lipinski definition) is 2. The van der Waals surface area contributed by atoms with E-state index in [0.29, 0.717) is 18.1 Å². The summed E-state index contributed by atoms with van der Waals surface area (Å²) in [5.41, 5.74) is 6.81. The van der Waals surface area contributed by atoms with E-state index in [1.54, 1.807) is 12.3 Å². The van der Waals surface area contributed by atoms with E-state index in [0.717, 1.165) is 17.7 Å². The minimum atomic E-state index is 0.0462. The van der Waals surface area contributed by atoms with Gasteiger partial charge < -0.3 is 11.1 Å². The number of pyridine rings is 1. The SMILES string of the molecule is Nc1ccc(SCC(=O)NCCCc2ccccc2)cn1. The number of anilines is 1. The number of nitrogens with zero attached hydrogens (tertiary/aromatic N) is 1. The van der Waals surface area contributed by atoms with Crippen LogP contribution in [-0.4, -0.2) is 23.2 Å². The molecule has 5 heteroatoms. The Morgan fingerprint density at radius 3 is 2.71 bits per heavy atom. The first-order chi connectivity index (χ1) is 10.2. The maximum atomic E-state index is 11.7. The van der Waals surface area contributed by atoms with Gasteiger partial charge in [-0.1, -0.05) is 30.3 Å². The molecule has 2 aromatic rings. The number of amides is 1. The van der Waals surface area contributed by atoms with Crippen LogP contribution >= 0.6 is 11.8 Å². The van der Waals surface area contributed by atoms with E-state index in [-0.39, 0.29) is 5.91 Å². The maximum absolute atomic E-state index is 11.7. The van der Waals surface area contributed by atoms with Crippen LogP contribution in [0.5, 0.6) is 0 Å². The molecule has 1 heterocycles. The lowest BCUT2D eigenvalue weighted by atomic mass is 10.1. The molecule has 1 amide bonds. The van der Waals surface area contributed by atoms with E-state index in [1.165, 1.54) is 17.3 Å². The summed E-state index contributed by atoms with van der Waals surface area (Å²) in [6.45, 7) is 0.703. The Bertz CT molecular complexity index is 557. The molecule has 0 atom stereocenters. The Morgan fingerprint density at radius 2 is 2.00 bits per heavy atom. The number of thioether (sulfide) groups is 1. The molecular weight excluding hydrogens is 282 g/mol. The smallest absolute Gasteiger partial charge is 0.230 e. The molecule has 0 radical (unpaired) electrons. The van der Waals surface area contributed by atoms with Crippen molar-refractivity contribution in [2.75, 3.05) is 18.0 Å². The zero-order chi connectivity index (χ0) is 14.9. The zero-order valence-electron chi connectivity index (χ0n) is 11.8. The predicted molar refractivity (Wildman–Crippen MR) is 87.1 cm³/mol. The second-order valence-electron chi connectivity index (χ2n) is 4.65. The summed E-state index contributed by atoms with van der Waals surface area (Å²) in [7, 11) is 0. The minimum Gasteiger partial charge on any atom is -0.384 e. The zero-order valence-corrected chi connectivity index (χ0v) is 12.6. The molecule has 3 N–H and O–H groups in total. The van der Waals surface area contributed by atoms with E-state index >= 15 is 0 Å². The van der Waals surface area contributed by atoms with Crippen molar-refractivity contribution in [3.05, 3.63) is 54.2 Å². The van der Waals surface area contributed by atoms with Gasteiger partial charge in [-0.3, -0.25) is 4.79 Å². The van der Waals surface area contributed by atoms with Crippen LogP contribution in [0.1, 0.15) is 12.0 Å². The third-order valence-corrected chi connectivity index (χ3v) is 3.92. The van der Waals surface area contributed by atoms with Crippen LogP contribution < -0.4 is 11.1 Å². The third kappa shape index (κ3) is 5.87. The largest absolute Gasteiger partial charge is 0.384 e. The molecule has 0 unspecified atom stereocenters. The highest BCUT2D eigenvalue weighted by atomic mass is 32.2. The molecule has 1 aromatic carbocycles. The number of aryl methyl sites for hydroxylation is 1. The molecule has 0 bridgehead atoms. The number of nitrogens with one attached hydrogen (secondary N) is 1. The fourth-order valence-electron chi connectivity index (χ4n) is 1.84. The summed E-state index contributed by atoms with van der Waals surface area (Å²) in [4.78, 5) is 16.7. The molecule has 110 valence electrons. The van der Waals surface area contributed by atoms with Crippen LogP contribution in [0.15, 0.2) is 53.6 Å². The summed E-state index contributed by atoms with van der Waals surface area (Å²) in [5, 5.41) is 2.93. The highest BCUT2D eigenvalue weighted by Gasteiger charge is 2.02. The number of rotatable bonds is 7. The van der Waals surface area contributed by atoms with Crippen molar-refractivity contribution in [2.24, 2.45) is 0 Å². The number of hydrogen-bond acceptors (Lipinski definition) is 4. The van der Waals surface area contributed by atoms with Crippen molar-refractivity contribution >= 4 is 23.5 Å². The molecule has 0 saturated heterocycles.